The lowest BCUT2D eigenvalue weighted by Crippen LogP contribution is -2.64. The smallest absolute Gasteiger partial charge is 0.0413 e. The van der Waals surface area contributed by atoms with Crippen molar-refractivity contribution in [2.45, 2.75) is 51.6 Å². The summed E-state index contributed by atoms with van der Waals surface area (Å²) in [6.07, 6.45) is 4.02. The highest BCUT2D eigenvalue weighted by Crippen LogP contribution is 2.42. The first-order valence-electron chi connectivity index (χ1n) is 7.71. The Bertz CT molecular complexity index is 452. The Labute approximate surface area is 117 Å². The number of hydrogen-bond donors (Lipinski definition) is 1. The van der Waals surface area contributed by atoms with Gasteiger partial charge < -0.3 is 10.2 Å². The summed E-state index contributed by atoms with van der Waals surface area (Å²) in [5.41, 5.74) is 3.15. The molecule has 1 aliphatic heterocycles. The topological polar surface area (TPSA) is 15.3 Å². The summed E-state index contributed by atoms with van der Waals surface area (Å²) in [7, 11) is 0. The second-order valence-electron chi connectivity index (χ2n) is 6.55. The molecular weight excluding hydrogens is 232 g/mol. The Morgan fingerprint density at radius 2 is 2.05 bits per heavy atom. The van der Waals surface area contributed by atoms with E-state index in [0.717, 1.165) is 19.0 Å². The number of nitrogens with zero attached hydrogens (tertiary/aromatic N) is 1. The molecule has 1 aromatic rings. The van der Waals surface area contributed by atoms with Crippen LogP contribution in [0, 0.1) is 12.8 Å². The first-order valence-corrected chi connectivity index (χ1v) is 7.71. The Hall–Kier alpha value is -1.02. The Balaban J connectivity index is 1.89. The molecule has 2 unspecified atom stereocenters. The zero-order valence-corrected chi connectivity index (χ0v) is 12.4. The SMILES string of the molecule is CCC1CNC(C)(C2CC2)CN1c1ccccc1C. The van der Waals surface area contributed by atoms with Gasteiger partial charge in [-0.3, -0.25) is 0 Å². The van der Waals surface area contributed by atoms with Crippen molar-refractivity contribution in [2.24, 2.45) is 5.92 Å². The molecule has 3 rings (SSSR count). The van der Waals surface area contributed by atoms with Gasteiger partial charge in [-0.25, -0.2) is 0 Å². The minimum Gasteiger partial charge on any atom is -0.365 e. The fourth-order valence-electron chi connectivity index (χ4n) is 3.53. The molecule has 1 heterocycles. The number of hydrogen-bond acceptors (Lipinski definition) is 2. The van der Waals surface area contributed by atoms with Gasteiger partial charge in [0.25, 0.3) is 0 Å². The molecule has 1 saturated heterocycles. The number of piperazine rings is 1. The van der Waals surface area contributed by atoms with Gasteiger partial charge in [-0.15, -0.1) is 0 Å². The maximum atomic E-state index is 3.84. The molecule has 19 heavy (non-hydrogen) atoms. The molecule has 2 heteroatoms. The second kappa shape index (κ2) is 4.82. The summed E-state index contributed by atoms with van der Waals surface area (Å²) in [5.74, 6) is 0.886. The zero-order chi connectivity index (χ0) is 13.5. The van der Waals surface area contributed by atoms with Gasteiger partial charge in [0, 0.05) is 30.4 Å². The van der Waals surface area contributed by atoms with E-state index in [1.165, 1.54) is 30.5 Å². The Kier molecular flexibility index (Phi) is 3.30. The molecule has 1 aromatic carbocycles. The second-order valence-corrected chi connectivity index (χ2v) is 6.55. The number of nitrogens with one attached hydrogen (secondary N) is 1. The molecule has 2 nitrogen and oxygen atoms in total. The highest BCUT2D eigenvalue weighted by molar-refractivity contribution is 5.55. The standard InChI is InChI=1S/C17H26N2/c1-4-15-11-18-17(3,14-9-10-14)12-19(15)16-8-6-5-7-13(16)2/h5-8,14-15,18H,4,9-12H2,1-3H3. The summed E-state index contributed by atoms with van der Waals surface area (Å²) in [6, 6.07) is 9.47. The van der Waals surface area contributed by atoms with Gasteiger partial charge in [0.1, 0.15) is 0 Å². The molecular formula is C17H26N2. The summed E-state index contributed by atoms with van der Waals surface area (Å²) in [5, 5.41) is 3.84. The first kappa shape index (κ1) is 13.0. The van der Waals surface area contributed by atoms with Crippen molar-refractivity contribution in [2.75, 3.05) is 18.0 Å². The van der Waals surface area contributed by atoms with Crippen LogP contribution in [0.2, 0.25) is 0 Å². The van der Waals surface area contributed by atoms with Crippen molar-refractivity contribution in [3.8, 4) is 0 Å². The van der Waals surface area contributed by atoms with Crippen LogP contribution in [0.15, 0.2) is 24.3 Å². The van der Waals surface area contributed by atoms with Gasteiger partial charge in [0.05, 0.1) is 0 Å². The average molecular weight is 258 g/mol. The number of para-hydroxylation sites is 1. The minimum absolute atomic E-state index is 0.313. The van der Waals surface area contributed by atoms with Gasteiger partial charge in [-0.1, -0.05) is 25.1 Å². The lowest BCUT2D eigenvalue weighted by molar-refractivity contribution is 0.252. The molecule has 0 aromatic heterocycles. The van der Waals surface area contributed by atoms with E-state index < -0.39 is 0 Å². The van der Waals surface area contributed by atoms with E-state index in [0.29, 0.717) is 11.6 Å². The maximum Gasteiger partial charge on any atom is 0.0413 e. The van der Waals surface area contributed by atoms with E-state index >= 15 is 0 Å². The molecule has 0 spiro atoms. The summed E-state index contributed by atoms with van der Waals surface area (Å²) < 4.78 is 0. The van der Waals surface area contributed by atoms with Gasteiger partial charge in [-0.05, 0) is 50.7 Å². The molecule has 1 saturated carbocycles. The molecule has 1 N–H and O–H groups in total. The molecule has 0 bridgehead atoms. The molecule has 2 atom stereocenters. The van der Waals surface area contributed by atoms with E-state index in [9.17, 15) is 0 Å². The highest BCUT2D eigenvalue weighted by atomic mass is 15.3. The van der Waals surface area contributed by atoms with Crippen LogP contribution in [-0.2, 0) is 0 Å². The Morgan fingerprint density at radius 3 is 2.68 bits per heavy atom. The van der Waals surface area contributed by atoms with Crippen molar-refractivity contribution >= 4 is 5.69 Å². The summed E-state index contributed by atoms with van der Waals surface area (Å²) in [4.78, 5) is 2.66. The minimum atomic E-state index is 0.313. The van der Waals surface area contributed by atoms with E-state index in [4.69, 9.17) is 0 Å². The van der Waals surface area contributed by atoms with Crippen LogP contribution >= 0.6 is 0 Å². The lowest BCUT2D eigenvalue weighted by atomic mass is 9.89. The van der Waals surface area contributed by atoms with Gasteiger partial charge in [0.2, 0.25) is 0 Å². The van der Waals surface area contributed by atoms with Crippen LogP contribution in [0.3, 0.4) is 0 Å². The predicted octanol–water partition coefficient (Wildman–Crippen LogP) is 3.35. The third-order valence-electron chi connectivity index (χ3n) is 5.06. The number of anilines is 1. The molecule has 0 radical (unpaired) electrons. The van der Waals surface area contributed by atoms with Gasteiger partial charge >= 0.3 is 0 Å². The normalized spacial score (nSPS) is 31.5. The molecule has 2 fully saturated rings. The van der Waals surface area contributed by atoms with Crippen LogP contribution in [0.4, 0.5) is 5.69 Å². The van der Waals surface area contributed by atoms with Crippen molar-refractivity contribution < 1.29 is 0 Å². The van der Waals surface area contributed by atoms with Crippen LogP contribution in [0.5, 0.6) is 0 Å². The number of benzene rings is 1. The highest BCUT2D eigenvalue weighted by Gasteiger charge is 2.45. The molecule has 2 aliphatic rings. The third kappa shape index (κ3) is 2.38. The van der Waals surface area contributed by atoms with Crippen molar-refractivity contribution in [1.29, 1.82) is 0 Å². The van der Waals surface area contributed by atoms with E-state index in [2.05, 4.69) is 55.3 Å². The zero-order valence-electron chi connectivity index (χ0n) is 12.4. The Morgan fingerprint density at radius 1 is 1.32 bits per heavy atom. The third-order valence-corrected chi connectivity index (χ3v) is 5.06. The van der Waals surface area contributed by atoms with Crippen LogP contribution < -0.4 is 10.2 Å². The van der Waals surface area contributed by atoms with Crippen molar-refractivity contribution in [1.82, 2.24) is 5.32 Å². The quantitative estimate of drug-likeness (QED) is 0.894. The number of rotatable bonds is 3. The van der Waals surface area contributed by atoms with E-state index in [1.807, 2.05) is 0 Å². The van der Waals surface area contributed by atoms with Crippen LogP contribution in [-0.4, -0.2) is 24.7 Å². The largest absolute Gasteiger partial charge is 0.365 e. The van der Waals surface area contributed by atoms with E-state index in [1.54, 1.807) is 0 Å². The fourth-order valence-corrected chi connectivity index (χ4v) is 3.53. The predicted molar refractivity (Wildman–Crippen MR) is 81.7 cm³/mol. The van der Waals surface area contributed by atoms with Gasteiger partial charge in [0.15, 0.2) is 0 Å². The molecule has 104 valence electrons. The first-order chi connectivity index (χ1) is 9.14. The van der Waals surface area contributed by atoms with Crippen LogP contribution in [0.1, 0.15) is 38.7 Å². The van der Waals surface area contributed by atoms with Gasteiger partial charge in [-0.2, -0.15) is 0 Å². The fraction of sp³-hybridized carbons (Fsp3) is 0.647. The summed E-state index contributed by atoms with van der Waals surface area (Å²) in [6.45, 7) is 9.23. The average Bonchev–Trinajstić information content (AvgIpc) is 3.24. The van der Waals surface area contributed by atoms with E-state index in [-0.39, 0.29) is 0 Å². The maximum absolute atomic E-state index is 3.84. The number of aryl methyl sites for hydroxylation is 1. The molecule has 0 amide bonds. The lowest BCUT2D eigenvalue weighted by Gasteiger charge is -2.48. The van der Waals surface area contributed by atoms with Crippen molar-refractivity contribution in [3.63, 3.8) is 0 Å². The van der Waals surface area contributed by atoms with Crippen molar-refractivity contribution in [3.05, 3.63) is 29.8 Å². The summed E-state index contributed by atoms with van der Waals surface area (Å²) >= 11 is 0. The monoisotopic (exact) mass is 258 g/mol. The molecule has 1 aliphatic carbocycles. The van der Waals surface area contributed by atoms with Crippen LogP contribution in [0.25, 0.3) is 0 Å².